The van der Waals surface area contributed by atoms with Crippen LogP contribution in [0.25, 0.3) is 11.0 Å². The summed E-state index contributed by atoms with van der Waals surface area (Å²) in [6.07, 6.45) is -0.880. The van der Waals surface area contributed by atoms with Gasteiger partial charge in [-0.05, 0) is 85.0 Å². The largest absolute Gasteiger partial charge is 0.494 e. The average Bonchev–Trinajstić information content (AvgIpc) is 3.80. The Balaban J connectivity index is 1.18. The van der Waals surface area contributed by atoms with Crippen molar-refractivity contribution >= 4 is 17.0 Å². The van der Waals surface area contributed by atoms with Crippen molar-refractivity contribution in [3.05, 3.63) is 87.7 Å². The van der Waals surface area contributed by atoms with E-state index in [1.54, 1.807) is 12.1 Å². The molecule has 0 bridgehead atoms. The minimum absolute atomic E-state index is 0.0134. The Bertz CT molecular complexity index is 1780. The smallest absolute Gasteiger partial charge is 0.419 e. The van der Waals surface area contributed by atoms with Gasteiger partial charge in [-0.25, -0.2) is 9.78 Å². The fraction of sp³-hybridized carbons (Fsp3) is 0.429. The predicted molar refractivity (Wildman–Crippen MR) is 164 cm³/mol. The van der Waals surface area contributed by atoms with Crippen molar-refractivity contribution in [1.82, 2.24) is 14.5 Å². The quantitative estimate of drug-likeness (QED) is 0.199. The first-order valence-electron chi connectivity index (χ1n) is 15.7. The van der Waals surface area contributed by atoms with Crippen LogP contribution in [0.3, 0.4) is 0 Å². The van der Waals surface area contributed by atoms with Crippen LogP contribution in [0.5, 0.6) is 11.5 Å². The van der Waals surface area contributed by atoms with Crippen LogP contribution in [0.4, 0.5) is 13.2 Å². The maximum absolute atomic E-state index is 14.2. The van der Waals surface area contributed by atoms with Crippen molar-refractivity contribution < 1.29 is 37.3 Å². The van der Waals surface area contributed by atoms with Gasteiger partial charge in [0.05, 0.1) is 42.9 Å². The van der Waals surface area contributed by atoms with E-state index in [1.165, 1.54) is 37.6 Å². The Labute approximate surface area is 264 Å². The number of alkyl halides is 3. The van der Waals surface area contributed by atoms with E-state index in [0.29, 0.717) is 66.8 Å². The third kappa shape index (κ3) is 5.93. The van der Waals surface area contributed by atoms with E-state index in [9.17, 15) is 23.1 Å². The maximum Gasteiger partial charge on any atom is 0.419 e. The number of hydrogen-bond acceptors (Lipinski definition) is 6. The normalized spacial score (nSPS) is 19.9. The van der Waals surface area contributed by atoms with E-state index in [1.807, 2.05) is 35.8 Å². The number of ether oxygens (including phenoxy) is 3. The molecule has 1 N–H and O–H groups in total. The molecular weight excluding hydrogens is 599 g/mol. The van der Waals surface area contributed by atoms with E-state index in [0.717, 1.165) is 17.5 Å². The summed E-state index contributed by atoms with van der Waals surface area (Å²) in [6, 6.07) is 13.6. The fourth-order valence-corrected chi connectivity index (χ4v) is 6.58. The van der Waals surface area contributed by atoms with Crippen LogP contribution in [-0.2, 0) is 37.0 Å². The molecule has 46 heavy (non-hydrogen) atoms. The summed E-state index contributed by atoms with van der Waals surface area (Å²) in [6.45, 7) is 4.13. The summed E-state index contributed by atoms with van der Waals surface area (Å²) in [5.41, 5.74) is 4.06. The minimum Gasteiger partial charge on any atom is -0.494 e. The zero-order valence-electron chi connectivity index (χ0n) is 25.8. The first-order chi connectivity index (χ1) is 22.1. The van der Waals surface area contributed by atoms with Gasteiger partial charge in [0.1, 0.15) is 29.4 Å². The zero-order chi connectivity index (χ0) is 32.2. The van der Waals surface area contributed by atoms with Crippen LogP contribution in [0.1, 0.15) is 82.1 Å². The third-order valence-electron chi connectivity index (χ3n) is 9.52. The average molecular weight is 636 g/mol. The lowest BCUT2D eigenvalue weighted by atomic mass is 9.91. The van der Waals surface area contributed by atoms with Crippen molar-refractivity contribution in [2.45, 2.75) is 76.5 Å². The molecule has 2 atom stereocenters. The summed E-state index contributed by atoms with van der Waals surface area (Å²) in [7, 11) is 1.48. The van der Waals surface area contributed by atoms with Crippen LogP contribution < -0.4 is 9.47 Å². The Morgan fingerprint density at radius 2 is 1.85 bits per heavy atom. The van der Waals surface area contributed by atoms with Gasteiger partial charge in [0, 0.05) is 19.2 Å². The van der Waals surface area contributed by atoms with Gasteiger partial charge in [-0.1, -0.05) is 24.3 Å². The van der Waals surface area contributed by atoms with Gasteiger partial charge in [-0.15, -0.1) is 0 Å². The van der Waals surface area contributed by atoms with E-state index in [2.05, 4.69) is 4.90 Å². The first-order valence-corrected chi connectivity index (χ1v) is 15.7. The highest BCUT2D eigenvalue weighted by Crippen LogP contribution is 2.43. The molecule has 1 aromatic heterocycles. The number of aromatic carboxylic acids is 1. The van der Waals surface area contributed by atoms with Gasteiger partial charge in [-0.2, -0.15) is 13.2 Å². The standard InChI is InChI=1S/C35H36F3N3O5/c1-20-27-16-30(46-19-21-3-5-22(6-4-21)23-7-8-23)28(35(36,37)38)13-24(27)9-11-40(20)18-32-39-33-29(41(32)17-26-10-12-45-26)14-25(34(42)43)15-31(33)44-2/h3-6,13-16,20,23,26H,7-12,17-19H2,1-2H3,(H,42,43)/t20-,26-/m0/s1. The lowest BCUT2D eigenvalue weighted by Crippen LogP contribution is -2.36. The SMILES string of the molecule is COc1cc(C(=O)O)cc2c1nc(CN1CCc3cc(C(F)(F)F)c(OCc4ccc(C5CC5)cc4)cc3[C@@H]1C)n2C[C@@H]1CCO1. The van der Waals surface area contributed by atoms with Crippen molar-refractivity contribution in [1.29, 1.82) is 0 Å². The molecule has 3 aliphatic rings. The molecule has 0 spiro atoms. The van der Waals surface area contributed by atoms with Gasteiger partial charge >= 0.3 is 12.1 Å². The second-order valence-corrected chi connectivity index (χ2v) is 12.5. The first kappa shape index (κ1) is 30.6. The monoisotopic (exact) mass is 635 g/mol. The van der Waals surface area contributed by atoms with Crippen molar-refractivity contribution in [2.24, 2.45) is 0 Å². The second kappa shape index (κ2) is 11.9. The number of imidazole rings is 1. The van der Waals surface area contributed by atoms with Crippen LogP contribution in [0, 0.1) is 0 Å². The molecule has 1 saturated carbocycles. The summed E-state index contributed by atoms with van der Waals surface area (Å²) < 4.78 is 61.8. The molecule has 242 valence electrons. The predicted octanol–water partition coefficient (Wildman–Crippen LogP) is 7.13. The van der Waals surface area contributed by atoms with Gasteiger partial charge < -0.3 is 23.9 Å². The Hall–Kier alpha value is -4.09. The summed E-state index contributed by atoms with van der Waals surface area (Å²) in [5, 5.41) is 9.72. The van der Waals surface area contributed by atoms with Crippen molar-refractivity contribution in [2.75, 3.05) is 20.3 Å². The number of nitrogens with zero attached hydrogens (tertiary/aromatic N) is 3. The van der Waals surface area contributed by atoms with Crippen molar-refractivity contribution in [3.8, 4) is 11.5 Å². The lowest BCUT2D eigenvalue weighted by Gasteiger charge is -2.36. The molecule has 2 aliphatic heterocycles. The van der Waals surface area contributed by atoms with Crippen LogP contribution in [0.15, 0.2) is 48.5 Å². The molecule has 0 radical (unpaired) electrons. The van der Waals surface area contributed by atoms with E-state index in [4.69, 9.17) is 19.2 Å². The van der Waals surface area contributed by atoms with E-state index >= 15 is 0 Å². The molecule has 2 fully saturated rings. The number of methoxy groups -OCH3 is 1. The second-order valence-electron chi connectivity index (χ2n) is 12.5. The number of halogens is 3. The Morgan fingerprint density at radius 3 is 2.48 bits per heavy atom. The molecule has 8 nitrogen and oxygen atoms in total. The summed E-state index contributed by atoms with van der Waals surface area (Å²) in [5.74, 6) is 0.433. The van der Waals surface area contributed by atoms with Crippen LogP contribution in [0.2, 0.25) is 0 Å². The molecule has 11 heteroatoms. The molecule has 3 aromatic carbocycles. The van der Waals surface area contributed by atoms with Crippen molar-refractivity contribution in [3.63, 3.8) is 0 Å². The topological polar surface area (TPSA) is 86.0 Å². The number of carbonyl (C=O) groups is 1. The number of rotatable bonds is 10. The minimum atomic E-state index is -4.55. The third-order valence-corrected chi connectivity index (χ3v) is 9.52. The van der Waals surface area contributed by atoms with Crippen LogP contribution in [-0.4, -0.2) is 51.9 Å². The highest BCUT2D eigenvalue weighted by atomic mass is 19.4. The molecule has 3 heterocycles. The Morgan fingerprint density at radius 1 is 1.09 bits per heavy atom. The highest BCUT2D eigenvalue weighted by molar-refractivity contribution is 5.95. The number of aromatic nitrogens is 2. The number of carboxylic acid groups (broad SMARTS) is 1. The van der Waals surface area contributed by atoms with Gasteiger partial charge in [-0.3, -0.25) is 4.90 Å². The molecule has 0 amide bonds. The number of hydrogen-bond donors (Lipinski definition) is 1. The van der Waals surface area contributed by atoms with Crippen LogP contribution >= 0.6 is 0 Å². The van der Waals surface area contributed by atoms with E-state index < -0.39 is 17.7 Å². The van der Waals surface area contributed by atoms with Gasteiger partial charge in [0.15, 0.2) is 0 Å². The lowest BCUT2D eigenvalue weighted by molar-refractivity contribution is -0.139. The summed E-state index contributed by atoms with van der Waals surface area (Å²) >= 11 is 0. The van der Waals surface area contributed by atoms with Gasteiger partial charge in [0.25, 0.3) is 0 Å². The highest BCUT2D eigenvalue weighted by Gasteiger charge is 2.37. The maximum atomic E-state index is 14.2. The number of fused-ring (bicyclic) bond motifs is 2. The Kier molecular flexibility index (Phi) is 7.92. The summed E-state index contributed by atoms with van der Waals surface area (Å²) in [4.78, 5) is 19.0. The zero-order valence-corrected chi connectivity index (χ0v) is 25.8. The van der Waals surface area contributed by atoms with Gasteiger partial charge in [0.2, 0.25) is 0 Å². The number of benzene rings is 3. The molecule has 1 aliphatic carbocycles. The number of carboxylic acids is 1. The fourth-order valence-electron chi connectivity index (χ4n) is 6.58. The molecule has 1 saturated heterocycles. The molecule has 4 aromatic rings. The molecular formula is C35H36F3N3O5. The molecule has 0 unspecified atom stereocenters. The molecule has 7 rings (SSSR count). The van der Waals surface area contributed by atoms with E-state index in [-0.39, 0.29) is 30.1 Å².